The van der Waals surface area contributed by atoms with Crippen LogP contribution >= 0.6 is 23.2 Å². The molecule has 0 fully saturated rings. The zero-order valence-corrected chi connectivity index (χ0v) is 28.9. The van der Waals surface area contributed by atoms with E-state index in [1.165, 1.54) is 10.7 Å². The van der Waals surface area contributed by atoms with Crippen LogP contribution in [0.4, 0.5) is 11.4 Å². The summed E-state index contributed by atoms with van der Waals surface area (Å²) in [6.07, 6.45) is 3.16. The topological polar surface area (TPSA) is 158 Å². The third kappa shape index (κ3) is 7.54. The van der Waals surface area contributed by atoms with Crippen LogP contribution < -0.4 is 14.8 Å². The Bertz CT molecular complexity index is 2340. The molecule has 254 valence electrons. The van der Waals surface area contributed by atoms with Gasteiger partial charge in [-0.3, -0.25) is 24.6 Å². The fraction of sp³-hybridized carbons (Fsp3) is 0.114. The zero-order valence-electron chi connectivity index (χ0n) is 26.6. The Kier molecular flexibility index (Phi) is 9.73. The van der Waals surface area contributed by atoms with Gasteiger partial charge in [0.1, 0.15) is 22.9 Å². The molecule has 6 rings (SSSR count). The first kappa shape index (κ1) is 34.4. The Hall–Kier alpha value is -5.50. The van der Waals surface area contributed by atoms with Gasteiger partial charge < -0.3 is 10.1 Å². The molecule has 0 aliphatic carbocycles. The number of anilines is 1. The zero-order chi connectivity index (χ0) is 35.6. The van der Waals surface area contributed by atoms with Crippen molar-refractivity contribution in [3.05, 3.63) is 145 Å². The number of rotatable bonds is 11. The second-order valence-corrected chi connectivity index (χ2v) is 13.9. The smallest absolute Gasteiger partial charge is 0.292 e. The summed E-state index contributed by atoms with van der Waals surface area (Å²) in [4.78, 5) is 28.5. The van der Waals surface area contributed by atoms with Crippen LogP contribution in [0.15, 0.2) is 102 Å². The van der Waals surface area contributed by atoms with Crippen molar-refractivity contribution in [3.63, 3.8) is 0 Å². The molecule has 0 aliphatic heterocycles. The van der Waals surface area contributed by atoms with E-state index in [1.807, 2.05) is 26.0 Å². The number of nitro groups is 1. The molecule has 6 aromatic rings. The fourth-order valence-electron chi connectivity index (χ4n) is 5.31. The lowest BCUT2D eigenvalue weighted by Crippen LogP contribution is -2.32. The Morgan fingerprint density at radius 3 is 2.36 bits per heavy atom. The summed E-state index contributed by atoms with van der Waals surface area (Å²) in [7, 11) is -4.52. The first-order valence-corrected chi connectivity index (χ1v) is 17.3. The van der Waals surface area contributed by atoms with Gasteiger partial charge in [-0.1, -0.05) is 41.4 Å². The highest BCUT2D eigenvalue weighted by atomic mass is 35.5. The lowest BCUT2D eigenvalue weighted by Gasteiger charge is -2.12. The fourth-order valence-corrected chi connectivity index (χ4v) is 6.57. The summed E-state index contributed by atoms with van der Waals surface area (Å²) in [6, 6.07) is 22.3. The lowest BCUT2D eigenvalue weighted by molar-refractivity contribution is -0.384. The molecule has 12 nitrogen and oxygen atoms in total. The Balaban J connectivity index is 1.26. The van der Waals surface area contributed by atoms with Crippen molar-refractivity contribution in [2.24, 2.45) is 0 Å². The van der Waals surface area contributed by atoms with Crippen LogP contribution in [-0.2, 0) is 23.1 Å². The minimum atomic E-state index is -4.52. The highest BCUT2D eigenvalue weighted by Gasteiger charge is 2.27. The van der Waals surface area contributed by atoms with E-state index in [2.05, 4.69) is 20.1 Å². The molecule has 2 N–H and O–H groups in total. The first-order valence-electron chi connectivity index (χ1n) is 15.1. The molecule has 0 saturated heterocycles. The molecule has 0 bridgehead atoms. The van der Waals surface area contributed by atoms with Gasteiger partial charge in [0.2, 0.25) is 0 Å². The van der Waals surface area contributed by atoms with E-state index in [1.54, 1.807) is 60.9 Å². The van der Waals surface area contributed by atoms with Crippen molar-refractivity contribution < 1.29 is 22.9 Å². The summed E-state index contributed by atoms with van der Waals surface area (Å²) in [5.74, 6) is 0.247. The quantitative estimate of drug-likeness (QED) is 0.100. The average Bonchev–Trinajstić information content (AvgIpc) is 3.44. The number of sulfonamides is 1. The van der Waals surface area contributed by atoms with Crippen molar-refractivity contribution in [2.75, 3.05) is 5.32 Å². The molecular weight excluding hydrogens is 703 g/mol. The number of carbonyl (C=O) groups is 1. The van der Waals surface area contributed by atoms with Gasteiger partial charge in [-0.2, -0.15) is 5.10 Å². The van der Waals surface area contributed by atoms with Gasteiger partial charge >= 0.3 is 0 Å². The summed E-state index contributed by atoms with van der Waals surface area (Å²) in [6.45, 7) is 4.05. The molecule has 0 saturated carbocycles. The van der Waals surface area contributed by atoms with Crippen LogP contribution in [0.3, 0.4) is 0 Å². The number of pyridine rings is 1. The minimum Gasteiger partial charge on any atom is -0.457 e. The highest BCUT2D eigenvalue weighted by molar-refractivity contribution is 7.90. The summed E-state index contributed by atoms with van der Waals surface area (Å²) in [5, 5.41) is 20.5. The molecular formula is C35H28Cl2N6O6S. The van der Waals surface area contributed by atoms with E-state index in [0.29, 0.717) is 32.4 Å². The van der Waals surface area contributed by atoms with Gasteiger partial charge in [-0.15, -0.1) is 0 Å². The van der Waals surface area contributed by atoms with Crippen LogP contribution in [-0.4, -0.2) is 34.0 Å². The van der Waals surface area contributed by atoms with E-state index < -0.39 is 20.9 Å². The average molecular weight is 732 g/mol. The van der Waals surface area contributed by atoms with Gasteiger partial charge in [-0.05, 0) is 96.8 Å². The number of aromatic nitrogens is 3. The van der Waals surface area contributed by atoms with Gasteiger partial charge in [0.05, 0.1) is 21.9 Å². The van der Waals surface area contributed by atoms with E-state index in [-0.39, 0.29) is 35.1 Å². The molecule has 4 aromatic carbocycles. The van der Waals surface area contributed by atoms with Crippen LogP contribution in [0.5, 0.6) is 11.5 Å². The van der Waals surface area contributed by atoms with Gasteiger partial charge in [0.25, 0.3) is 21.6 Å². The Morgan fingerprint density at radius 1 is 0.940 bits per heavy atom. The number of nitrogens with zero attached hydrogens (tertiary/aromatic N) is 4. The monoisotopic (exact) mass is 730 g/mol. The van der Waals surface area contributed by atoms with E-state index >= 15 is 0 Å². The molecule has 0 radical (unpaired) electrons. The predicted molar refractivity (Wildman–Crippen MR) is 191 cm³/mol. The second kappa shape index (κ2) is 14.2. The van der Waals surface area contributed by atoms with Gasteiger partial charge in [0.15, 0.2) is 0 Å². The number of hydrogen-bond acceptors (Lipinski definition) is 9. The van der Waals surface area contributed by atoms with Crippen molar-refractivity contribution in [3.8, 4) is 11.5 Å². The molecule has 0 aliphatic rings. The largest absolute Gasteiger partial charge is 0.457 e. The lowest BCUT2D eigenvalue weighted by atomic mass is 10.1. The Morgan fingerprint density at radius 2 is 1.68 bits per heavy atom. The van der Waals surface area contributed by atoms with Crippen molar-refractivity contribution in [2.45, 2.75) is 31.8 Å². The van der Waals surface area contributed by atoms with Crippen LogP contribution in [0.1, 0.15) is 32.7 Å². The number of amides is 1. The molecule has 2 aromatic heterocycles. The van der Waals surface area contributed by atoms with Crippen LogP contribution in [0.2, 0.25) is 10.0 Å². The summed E-state index contributed by atoms with van der Waals surface area (Å²) >= 11 is 12.5. The maximum Gasteiger partial charge on any atom is 0.292 e. The molecule has 0 unspecified atom stereocenters. The Labute approximate surface area is 296 Å². The number of halogens is 2. The summed E-state index contributed by atoms with van der Waals surface area (Å²) in [5.41, 5.74) is 3.23. The molecule has 0 atom stereocenters. The molecule has 15 heteroatoms. The summed E-state index contributed by atoms with van der Waals surface area (Å²) < 4.78 is 36.6. The maximum absolute atomic E-state index is 13.8. The SMILES string of the molecule is Cc1cc(Oc2ccc(Cn3nc4ccc(Cl)cc4c3C(=O)NS(=O)(=O)c3ccc([N+](=O)[O-])c(NCc4cccnc4)c3)cc2)cc(C)c1Cl. The van der Waals surface area contributed by atoms with Crippen molar-refractivity contribution in [1.29, 1.82) is 0 Å². The number of hydrogen-bond donors (Lipinski definition) is 2. The molecule has 2 heterocycles. The first-order chi connectivity index (χ1) is 23.9. The number of benzene rings is 4. The number of carbonyl (C=O) groups excluding carboxylic acids is 1. The number of nitrogens with one attached hydrogen (secondary N) is 2. The van der Waals surface area contributed by atoms with E-state index in [0.717, 1.165) is 40.5 Å². The maximum atomic E-state index is 13.8. The van der Waals surface area contributed by atoms with E-state index in [9.17, 15) is 23.3 Å². The minimum absolute atomic E-state index is 0.0460. The normalized spacial score (nSPS) is 11.4. The van der Waals surface area contributed by atoms with Crippen LogP contribution in [0, 0.1) is 24.0 Å². The number of aryl methyl sites for hydroxylation is 2. The second-order valence-electron chi connectivity index (χ2n) is 11.4. The molecule has 50 heavy (non-hydrogen) atoms. The molecule has 0 spiro atoms. The van der Waals surface area contributed by atoms with Gasteiger partial charge in [-0.25, -0.2) is 13.1 Å². The van der Waals surface area contributed by atoms with Crippen LogP contribution in [0.25, 0.3) is 10.9 Å². The standard InChI is InChI=1S/C35H28Cl2N6O6S/c1-21-14-27(15-22(2)33(21)37)49-26-8-5-23(6-9-26)20-42-34(29-16-25(36)7-11-30(29)40-42)35(44)41-50(47,48)28-10-12-32(43(45)46)31(17-28)39-19-24-4-3-13-38-18-24/h3-18,39H,19-20H2,1-2H3,(H,41,44). The molecule has 1 amide bonds. The van der Waals surface area contributed by atoms with Crippen molar-refractivity contribution >= 4 is 61.4 Å². The number of nitro benzene ring substituents is 1. The third-order valence-corrected chi connectivity index (χ3v) is 9.88. The number of ether oxygens (including phenoxy) is 1. The van der Waals surface area contributed by atoms with Crippen molar-refractivity contribution in [1.82, 2.24) is 19.5 Å². The number of fused-ring (bicyclic) bond motifs is 1. The van der Waals surface area contributed by atoms with Gasteiger partial charge in [0, 0.05) is 40.4 Å². The third-order valence-electron chi connectivity index (χ3n) is 7.72. The highest BCUT2D eigenvalue weighted by Crippen LogP contribution is 2.31. The van der Waals surface area contributed by atoms with E-state index in [4.69, 9.17) is 27.9 Å². The predicted octanol–water partition coefficient (Wildman–Crippen LogP) is 7.83.